The fourth-order valence-corrected chi connectivity index (χ4v) is 1.19. The summed E-state index contributed by atoms with van der Waals surface area (Å²) >= 11 is 0. The average molecular weight is 210 g/mol. The van der Waals surface area contributed by atoms with Crippen LogP contribution in [0.2, 0.25) is 0 Å². The minimum Gasteiger partial charge on any atom is -0.466 e. The Morgan fingerprint density at radius 2 is 1.73 bits per heavy atom. The summed E-state index contributed by atoms with van der Waals surface area (Å²) in [5, 5.41) is 0. The van der Waals surface area contributed by atoms with Crippen LogP contribution in [0.4, 0.5) is 0 Å². The van der Waals surface area contributed by atoms with Gasteiger partial charge in [-0.15, -0.1) is 11.8 Å². The molecule has 0 N–H and O–H groups in total. The van der Waals surface area contributed by atoms with E-state index in [-0.39, 0.29) is 5.97 Å². The molecule has 0 aliphatic rings. The van der Waals surface area contributed by atoms with Gasteiger partial charge in [0.05, 0.1) is 6.61 Å². The molecular formula is C13H22O2. The van der Waals surface area contributed by atoms with Crippen LogP contribution in [-0.2, 0) is 9.53 Å². The molecule has 0 aliphatic heterocycles. The topological polar surface area (TPSA) is 26.3 Å². The number of rotatable bonds is 7. The van der Waals surface area contributed by atoms with E-state index in [4.69, 9.17) is 4.74 Å². The number of hydrogen-bond donors (Lipinski definition) is 0. The van der Waals surface area contributed by atoms with Gasteiger partial charge in [-0.1, -0.05) is 19.8 Å². The summed E-state index contributed by atoms with van der Waals surface area (Å²) < 4.78 is 4.81. The molecule has 0 aromatic heterocycles. The normalized spacial score (nSPS) is 9.20. The van der Waals surface area contributed by atoms with E-state index in [0.717, 1.165) is 19.3 Å². The number of carbonyl (C=O) groups is 1. The number of unbranched alkanes of at least 4 members (excludes halogenated alkanes) is 4. The van der Waals surface area contributed by atoms with Gasteiger partial charge in [0.1, 0.15) is 0 Å². The van der Waals surface area contributed by atoms with Crippen LogP contribution in [0.1, 0.15) is 58.8 Å². The molecule has 0 bridgehead atoms. The summed E-state index contributed by atoms with van der Waals surface area (Å²) in [6.07, 6.45) is 6.82. The van der Waals surface area contributed by atoms with E-state index in [9.17, 15) is 4.79 Å². The maximum atomic E-state index is 10.9. The van der Waals surface area contributed by atoms with Gasteiger partial charge in [-0.25, -0.2) is 0 Å². The monoisotopic (exact) mass is 210 g/mol. The molecule has 0 unspecified atom stereocenters. The van der Waals surface area contributed by atoms with Gasteiger partial charge in [-0.3, -0.25) is 4.79 Å². The molecule has 2 heteroatoms. The highest BCUT2D eigenvalue weighted by Gasteiger charge is 1.98. The fraction of sp³-hybridized carbons (Fsp3) is 0.769. The summed E-state index contributed by atoms with van der Waals surface area (Å²) in [7, 11) is 0. The van der Waals surface area contributed by atoms with Gasteiger partial charge >= 0.3 is 5.97 Å². The molecule has 0 saturated heterocycles. The average Bonchev–Trinajstić information content (AvgIpc) is 2.22. The molecule has 0 aromatic carbocycles. The highest BCUT2D eigenvalue weighted by atomic mass is 16.5. The second-order valence-electron chi connectivity index (χ2n) is 3.47. The van der Waals surface area contributed by atoms with Crippen molar-refractivity contribution in [3.63, 3.8) is 0 Å². The molecule has 86 valence electrons. The molecule has 15 heavy (non-hydrogen) atoms. The fourth-order valence-electron chi connectivity index (χ4n) is 1.19. The van der Waals surface area contributed by atoms with Crippen molar-refractivity contribution in [2.45, 2.75) is 58.8 Å². The molecule has 0 fully saturated rings. The Labute approximate surface area is 93.4 Å². The van der Waals surface area contributed by atoms with Crippen LogP contribution >= 0.6 is 0 Å². The van der Waals surface area contributed by atoms with Gasteiger partial charge in [0.25, 0.3) is 0 Å². The Balaban J connectivity index is 3.25. The van der Waals surface area contributed by atoms with Crippen molar-refractivity contribution in [2.24, 2.45) is 0 Å². The lowest BCUT2D eigenvalue weighted by atomic mass is 10.2. The minimum atomic E-state index is -0.106. The smallest absolute Gasteiger partial charge is 0.305 e. The number of esters is 1. The minimum absolute atomic E-state index is 0.106. The van der Waals surface area contributed by atoms with Crippen molar-refractivity contribution in [1.29, 1.82) is 0 Å². The lowest BCUT2D eigenvalue weighted by Gasteiger charge is -1.98. The van der Waals surface area contributed by atoms with Crippen LogP contribution in [0.25, 0.3) is 0 Å². The molecule has 0 atom stereocenters. The van der Waals surface area contributed by atoms with E-state index in [1.807, 2.05) is 6.92 Å². The van der Waals surface area contributed by atoms with E-state index in [0.29, 0.717) is 13.0 Å². The summed E-state index contributed by atoms with van der Waals surface area (Å²) in [4.78, 5) is 10.9. The zero-order valence-corrected chi connectivity index (χ0v) is 9.97. The summed E-state index contributed by atoms with van der Waals surface area (Å²) in [6, 6.07) is 0. The standard InChI is InChI=1S/C13H22O2/c1-3-5-6-7-8-9-10-11-12-13(14)15-4-2/h3-7,10-12H2,1-2H3. The second kappa shape index (κ2) is 11.1. The molecule has 0 aliphatic carbocycles. The third-order valence-corrected chi connectivity index (χ3v) is 2.02. The van der Waals surface area contributed by atoms with Crippen molar-refractivity contribution < 1.29 is 9.53 Å². The Bertz CT molecular complexity index is 210. The lowest BCUT2D eigenvalue weighted by molar-refractivity contribution is -0.143. The van der Waals surface area contributed by atoms with Crippen LogP contribution in [0.3, 0.4) is 0 Å². The van der Waals surface area contributed by atoms with Crippen molar-refractivity contribution in [3.8, 4) is 11.8 Å². The Morgan fingerprint density at radius 1 is 1.07 bits per heavy atom. The van der Waals surface area contributed by atoms with E-state index in [1.165, 1.54) is 19.3 Å². The summed E-state index contributed by atoms with van der Waals surface area (Å²) in [5.41, 5.74) is 0. The molecule has 0 aromatic rings. The Hall–Kier alpha value is -0.970. The third-order valence-electron chi connectivity index (χ3n) is 2.02. The molecule has 2 nitrogen and oxygen atoms in total. The first kappa shape index (κ1) is 14.0. The first-order chi connectivity index (χ1) is 7.31. The first-order valence-corrected chi connectivity index (χ1v) is 5.92. The van der Waals surface area contributed by atoms with Crippen LogP contribution in [0, 0.1) is 11.8 Å². The molecule has 0 amide bonds. The summed E-state index contributed by atoms with van der Waals surface area (Å²) in [5.74, 6) is 6.10. The third kappa shape index (κ3) is 11.0. The second-order valence-corrected chi connectivity index (χ2v) is 3.47. The Morgan fingerprint density at radius 3 is 2.33 bits per heavy atom. The number of ether oxygens (including phenoxy) is 1. The zero-order valence-electron chi connectivity index (χ0n) is 9.97. The van der Waals surface area contributed by atoms with E-state index in [1.54, 1.807) is 0 Å². The maximum absolute atomic E-state index is 10.9. The van der Waals surface area contributed by atoms with Crippen molar-refractivity contribution >= 4 is 5.97 Å². The number of hydrogen-bond acceptors (Lipinski definition) is 2. The quantitative estimate of drug-likeness (QED) is 0.366. The van der Waals surface area contributed by atoms with E-state index < -0.39 is 0 Å². The number of carbonyl (C=O) groups excluding carboxylic acids is 1. The van der Waals surface area contributed by atoms with Crippen LogP contribution < -0.4 is 0 Å². The summed E-state index contributed by atoms with van der Waals surface area (Å²) in [6.45, 7) is 4.49. The van der Waals surface area contributed by atoms with Gasteiger partial charge in [-0.2, -0.15) is 0 Å². The van der Waals surface area contributed by atoms with Crippen LogP contribution in [0.15, 0.2) is 0 Å². The highest BCUT2D eigenvalue weighted by Crippen LogP contribution is 1.99. The Kier molecular flexibility index (Phi) is 10.4. The molecule has 0 heterocycles. The van der Waals surface area contributed by atoms with Gasteiger partial charge in [0, 0.05) is 19.3 Å². The SMILES string of the molecule is CCCCCC#CCCCC(=O)OCC. The van der Waals surface area contributed by atoms with E-state index in [2.05, 4.69) is 18.8 Å². The molecule has 0 saturated carbocycles. The van der Waals surface area contributed by atoms with Gasteiger partial charge in [-0.05, 0) is 19.8 Å². The molecular weight excluding hydrogens is 188 g/mol. The van der Waals surface area contributed by atoms with Gasteiger partial charge in [0.2, 0.25) is 0 Å². The lowest BCUT2D eigenvalue weighted by Crippen LogP contribution is -2.02. The highest BCUT2D eigenvalue weighted by molar-refractivity contribution is 5.69. The van der Waals surface area contributed by atoms with Crippen LogP contribution in [0.5, 0.6) is 0 Å². The van der Waals surface area contributed by atoms with Crippen molar-refractivity contribution in [2.75, 3.05) is 6.61 Å². The van der Waals surface area contributed by atoms with Crippen molar-refractivity contribution in [1.82, 2.24) is 0 Å². The molecule has 0 radical (unpaired) electrons. The largest absolute Gasteiger partial charge is 0.466 e. The molecule has 0 rings (SSSR count). The van der Waals surface area contributed by atoms with Gasteiger partial charge < -0.3 is 4.74 Å². The van der Waals surface area contributed by atoms with Gasteiger partial charge in [0.15, 0.2) is 0 Å². The first-order valence-electron chi connectivity index (χ1n) is 5.92. The molecule has 0 spiro atoms. The predicted molar refractivity (Wildman–Crippen MR) is 62.4 cm³/mol. The zero-order chi connectivity index (χ0) is 11.4. The van der Waals surface area contributed by atoms with E-state index >= 15 is 0 Å². The predicted octanol–water partition coefficient (Wildman–Crippen LogP) is 3.30. The van der Waals surface area contributed by atoms with Crippen molar-refractivity contribution in [3.05, 3.63) is 0 Å². The maximum Gasteiger partial charge on any atom is 0.305 e. The van der Waals surface area contributed by atoms with Crippen LogP contribution in [-0.4, -0.2) is 12.6 Å².